The molecule has 2 saturated heterocycles. The highest BCUT2D eigenvalue weighted by molar-refractivity contribution is 6.33. The number of methoxy groups -OCH3 is 1. The number of pyridine rings is 1. The van der Waals surface area contributed by atoms with E-state index >= 15 is 0 Å². The predicted molar refractivity (Wildman–Crippen MR) is 107 cm³/mol. The van der Waals surface area contributed by atoms with Crippen molar-refractivity contribution < 1.29 is 27.7 Å². The van der Waals surface area contributed by atoms with Gasteiger partial charge < -0.3 is 29.2 Å². The van der Waals surface area contributed by atoms with Gasteiger partial charge in [0.05, 0.1) is 23.8 Å². The van der Waals surface area contributed by atoms with Crippen molar-refractivity contribution in [2.24, 2.45) is 0 Å². The van der Waals surface area contributed by atoms with Gasteiger partial charge in [-0.05, 0) is 18.2 Å². The number of imidazole rings is 1. The number of rotatable bonds is 6. The van der Waals surface area contributed by atoms with Crippen molar-refractivity contribution in [3.8, 4) is 6.01 Å². The number of benzene rings is 1. The second-order valence-electron chi connectivity index (χ2n) is 7.31. The summed E-state index contributed by atoms with van der Waals surface area (Å²) < 4.78 is 50.5. The molecule has 0 saturated carbocycles. The molecule has 2 aromatic heterocycles. The first-order valence-corrected chi connectivity index (χ1v) is 10.1. The lowest BCUT2D eigenvalue weighted by Crippen LogP contribution is -2.35. The Balaban J connectivity index is 1.32. The van der Waals surface area contributed by atoms with Crippen molar-refractivity contribution in [3.63, 3.8) is 0 Å². The second kappa shape index (κ2) is 8.19. The minimum absolute atomic E-state index is 0.103. The van der Waals surface area contributed by atoms with Crippen molar-refractivity contribution in [2.75, 3.05) is 25.6 Å². The van der Waals surface area contributed by atoms with Gasteiger partial charge in [-0.15, -0.1) is 0 Å². The number of nitrogens with zero attached hydrogens (tertiary/aromatic N) is 2. The molecule has 4 heterocycles. The van der Waals surface area contributed by atoms with Crippen molar-refractivity contribution in [1.29, 1.82) is 0 Å². The lowest BCUT2D eigenvalue weighted by atomic mass is 10.1. The number of halogens is 3. The molecule has 31 heavy (non-hydrogen) atoms. The van der Waals surface area contributed by atoms with Crippen LogP contribution in [0.3, 0.4) is 0 Å². The fraction of sp³-hybridized carbons (Fsp3) is 0.400. The average Bonchev–Trinajstić information content (AvgIpc) is 3.43. The van der Waals surface area contributed by atoms with Crippen LogP contribution in [-0.2, 0) is 20.8 Å². The molecule has 2 N–H and O–H groups in total. The smallest absolute Gasteiger partial charge is 0.296 e. The highest BCUT2D eigenvalue weighted by Gasteiger charge is 2.49. The lowest BCUT2D eigenvalue weighted by Gasteiger charge is -2.15. The molecule has 0 radical (unpaired) electrons. The van der Waals surface area contributed by atoms with E-state index in [1.54, 1.807) is 13.2 Å². The topological polar surface area (TPSA) is 90.5 Å². The van der Waals surface area contributed by atoms with E-state index in [1.807, 2.05) is 0 Å². The maximum absolute atomic E-state index is 13.8. The Labute approximate surface area is 180 Å². The molecule has 8 nitrogen and oxygen atoms in total. The lowest BCUT2D eigenvalue weighted by molar-refractivity contribution is -0.0145. The van der Waals surface area contributed by atoms with Gasteiger partial charge in [0.2, 0.25) is 0 Å². The number of aromatic nitrogens is 3. The van der Waals surface area contributed by atoms with Gasteiger partial charge in [0.15, 0.2) is 11.8 Å². The largest absolute Gasteiger partial charge is 0.456 e. The van der Waals surface area contributed by atoms with Crippen LogP contribution in [0, 0.1) is 11.6 Å². The van der Waals surface area contributed by atoms with Gasteiger partial charge in [0, 0.05) is 19.2 Å². The highest BCUT2D eigenvalue weighted by atomic mass is 35.5. The molecular weight excluding hydrogens is 434 g/mol. The number of ether oxygens (including phenoxy) is 4. The molecule has 0 amide bonds. The summed E-state index contributed by atoms with van der Waals surface area (Å²) >= 11 is 6.28. The quantitative estimate of drug-likeness (QED) is 0.594. The third-order valence-electron chi connectivity index (χ3n) is 5.43. The number of fused-ring (bicyclic) bond motifs is 2. The first-order chi connectivity index (χ1) is 15.0. The minimum atomic E-state index is -0.651. The van der Waals surface area contributed by atoms with Gasteiger partial charge in [-0.2, -0.15) is 4.98 Å². The molecule has 0 unspecified atom stereocenters. The van der Waals surface area contributed by atoms with Crippen LogP contribution in [0.25, 0.3) is 11.2 Å². The molecule has 3 aromatic rings. The van der Waals surface area contributed by atoms with Crippen LogP contribution < -0.4 is 10.1 Å². The monoisotopic (exact) mass is 452 g/mol. The van der Waals surface area contributed by atoms with Crippen molar-refractivity contribution in [1.82, 2.24) is 15.0 Å². The van der Waals surface area contributed by atoms with E-state index in [4.69, 9.17) is 30.5 Å². The fourth-order valence-electron chi connectivity index (χ4n) is 3.82. The van der Waals surface area contributed by atoms with Gasteiger partial charge in [-0.25, -0.2) is 13.8 Å². The number of nitrogens with one attached hydrogen (secondary N) is 2. The molecule has 5 rings (SSSR count). The van der Waals surface area contributed by atoms with Crippen molar-refractivity contribution in [3.05, 3.63) is 46.5 Å². The van der Waals surface area contributed by atoms with Crippen molar-refractivity contribution in [2.45, 2.75) is 31.0 Å². The summed E-state index contributed by atoms with van der Waals surface area (Å²) in [5.74, 6) is -1.05. The summed E-state index contributed by atoms with van der Waals surface area (Å²) in [6, 6.07) is 5.55. The van der Waals surface area contributed by atoms with Crippen LogP contribution in [0.5, 0.6) is 6.01 Å². The van der Waals surface area contributed by atoms with E-state index in [-0.39, 0.29) is 53.4 Å². The number of aromatic amines is 1. The maximum Gasteiger partial charge on any atom is 0.296 e. The van der Waals surface area contributed by atoms with Crippen LogP contribution in [-0.4, -0.2) is 59.7 Å². The van der Waals surface area contributed by atoms with Gasteiger partial charge in [-0.1, -0.05) is 17.7 Å². The Morgan fingerprint density at radius 3 is 2.61 bits per heavy atom. The van der Waals surface area contributed by atoms with Gasteiger partial charge in [0.1, 0.15) is 35.8 Å². The number of hydrogen-bond donors (Lipinski definition) is 2. The number of hydrogen-bond acceptors (Lipinski definition) is 7. The first-order valence-electron chi connectivity index (χ1n) is 9.69. The van der Waals surface area contributed by atoms with E-state index in [2.05, 4.69) is 20.3 Å². The van der Waals surface area contributed by atoms with Crippen LogP contribution in [0.4, 0.5) is 14.6 Å². The highest BCUT2D eigenvalue weighted by Crippen LogP contribution is 2.32. The van der Waals surface area contributed by atoms with Gasteiger partial charge >= 0.3 is 0 Å². The molecule has 2 aliphatic heterocycles. The Bertz CT molecular complexity index is 1090. The number of H-pyrrole nitrogens is 1. The zero-order valence-corrected chi connectivity index (χ0v) is 17.2. The summed E-state index contributed by atoms with van der Waals surface area (Å²) in [7, 11) is 1.62. The van der Waals surface area contributed by atoms with Crippen LogP contribution in [0.2, 0.25) is 5.02 Å². The van der Waals surface area contributed by atoms with E-state index in [9.17, 15) is 8.78 Å². The SMILES string of the molecule is CO[C@@H]1CO[C@H]2[C@@H]1OC[C@H]2Oc1nc2nc(NCc3c(F)cccc3F)c(Cl)cc2[nH]1. The third-order valence-corrected chi connectivity index (χ3v) is 5.72. The number of anilines is 1. The summed E-state index contributed by atoms with van der Waals surface area (Å²) in [4.78, 5) is 11.7. The summed E-state index contributed by atoms with van der Waals surface area (Å²) in [6.45, 7) is 0.674. The summed E-state index contributed by atoms with van der Waals surface area (Å²) in [5, 5.41) is 3.12. The van der Waals surface area contributed by atoms with Crippen molar-refractivity contribution >= 4 is 28.6 Å². The van der Waals surface area contributed by atoms with Gasteiger partial charge in [0.25, 0.3) is 6.01 Å². The molecule has 2 aliphatic rings. The summed E-state index contributed by atoms with van der Waals surface area (Å²) in [6.07, 6.45) is -0.894. The predicted octanol–water partition coefficient (Wildman–Crippen LogP) is 3.06. The Kier molecular flexibility index (Phi) is 5.39. The Morgan fingerprint density at radius 1 is 1.16 bits per heavy atom. The molecule has 2 fully saturated rings. The Morgan fingerprint density at radius 2 is 1.87 bits per heavy atom. The Hall–Kier alpha value is -2.53. The molecule has 1 aromatic carbocycles. The first kappa shape index (κ1) is 20.4. The summed E-state index contributed by atoms with van der Waals surface area (Å²) in [5.41, 5.74) is 0.793. The molecule has 0 aliphatic carbocycles. The fourth-order valence-corrected chi connectivity index (χ4v) is 4.04. The maximum atomic E-state index is 13.8. The molecule has 4 atom stereocenters. The normalized spacial score (nSPS) is 25.2. The van der Waals surface area contributed by atoms with Crippen LogP contribution >= 0.6 is 11.6 Å². The van der Waals surface area contributed by atoms with E-state index < -0.39 is 11.6 Å². The zero-order chi connectivity index (χ0) is 21.5. The molecule has 0 bridgehead atoms. The second-order valence-corrected chi connectivity index (χ2v) is 7.72. The van der Waals surface area contributed by atoms with Crippen LogP contribution in [0.15, 0.2) is 24.3 Å². The third kappa shape index (κ3) is 3.80. The van der Waals surface area contributed by atoms with Crippen LogP contribution in [0.1, 0.15) is 5.56 Å². The zero-order valence-electron chi connectivity index (χ0n) is 16.4. The van der Waals surface area contributed by atoms with Gasteiger partial charge in [-0.3, -0.25) is 0 Å². The molecule has 11 heteroatoms. The van der Waals surface area contributed by atoms with E-state index in [1.165, 1.54) is 18.2 Å². The molecule has 164 valence electrons. The van der Waals surface area contributed by atoms with E-state index in [0.717, 1.165) is 0 Å². The standard InChI is InChI=1S/C20H19ClF2N4O4/c1-28-14-7-29-17-15(8-30-16(14)17)31-20-25-13-5-10(21)18(26-19(13)27-20)24-6-9-11(22)3-2-4-12(9)23/h2-5,14-17H,6-8H2,1H3,(H2,24,25,26,27)/t14-,15-,16-,17-/m1/s1. The minimum Gasteiger partial charge on any atom is -0.456 e. The molecular formula is C20H19ClF2N4O4. The average molecular weight is 453 g/mol. The van der Waals surface area contributed by atoms with E-state index in [0.29, 0.717) is 24.4 Å². The molecule has 0 spiro atoms.